The van der Waals surface area contributed by atoms with E-state index in [2.05, 4.69) is 16.8 Å². The number of aryl methyl sites for hydroxylation is 1. The number of fused-ring (bicyclic) bond motifs is 1. The van der Waals surface area contributed by atoms with Crippen LogP contribution in [-0.2, 0) is 0 Å². The lowest BCUT2D eigenvalue weighted by Gasteiger charge is -2.01. The first-order valence-corrected chi connectivity index (χ1v) is 4.73. The van der Waals surface area contributed by atoms with Crippen LogP contribution in [0.4, 0.5) is 0 Å². The summed E-state index contributed by atoms with van der Waals surface area (Å²) in [6.45, 7) is 4.11. The highest BCUT2D eigenvalue weighted by Gasteiger charge is 2.08. The van der Waals surface area contributed by atoms with Crippen molar-refractivity contribution in [1.29, 1.82) is 0 Å². The van der Waals surface area contributed by atoms with E-state index in [9.17, 15) is 0 Å². The molecule has 0 fully saturated rings. The highest BCUT2D eigenvalue weighted by atomic mass is 35.5. The first-order valence-electron chi connectivity index (χ1n) is 4.35. The van der Waals surface area contributed by atoms with Crippen LogP contribution in [0.1, 0.15) is 5.56 Å². The Kier molecular flexibility index (Phi) is 2.04. The fourth-order valence-electron chi connectivity index (χ4n) is 1.49. The Morgan fingerprint density at radius 2 is 2.31 bits per heavy atom. The Hall–Kier alpha value is -0.955. The van der Waals surface area contributed by atoms with Gasteiger partial charge in [-0.3, -0.25) is 0 Å². The number of pyridine rings is 1. The smallest absolute Gasteiger partial charge is 0.158 e. The van der Waals surface area contributed by atoms with Gasteiger partial charge in [0.2, 0.25) is 0 Å². The lowest BCUT2D eigenvalue weighted by molar-refractivity contribution is 1.33. The predicted octanol–water partition coefficient (Wildman–Crippen LogP) is 1.63. The van der Waals surface area contributed by atoms with Crippen molar-refractivity contribution < 1.29 is 0 Å². The Labute approximate surface area is 82.6 Å². The van der Waals surface area contributed by atoms with Gasteiger partial charge in [-0.05, 0) is 17.9 Å². The summed E-state index contributed by atoms with van der Waals surface area (Å²) < 4.78 is 0. The number of rotatable bonds is 1. The fraction of sp³-hybridized carbons (Fsp3) is 0.222. The average molecular weight is 192 g/mol. The molecule has 0 atom stereocenters. The molecule has 0 saturated heterocycles. The van der Waals surface area contributed by atoms with Gasteiger partial charge in [0.1, 0.15) is 5.65 Å². The number of H-pyrrole nitrogens is 1. The van der Waals surface area contributed by atoms with E-state index in [1.807, 2.05) is 19.3 Å². The van der Waals surface area contributed by atoms with Gasteiger partial charge >= 0.3 is 0 Å². The predicted molar refractivity (Wildman–Crippen MR) is 58.5 cm³/mol. The van der Waals surface area contributed by atoms with Crippen LogP contribution in [0.2, 0.25) is 11.8 Å². The van der Waals surface area contributed by atoms with Crippen molar-refractivity contribution in [1.82, 2.24) is 9.97 Å². The van der Waals surface area contributed by atoms with Gasteiger partial charge in [0, 0.05) is 22.8 Å². The van der Waals surface area contributed by atoms with E-state index in [1.54, 1.807) is 0 Å². The van der Waals surface area contributed by atoms with E-state index in [0.29, 0.717) is 0 Å². The number of hydrogen-bond acceptors (Lipinski definition) is 1. The first-order chi connectivity index (χ1) is 6.24. The lowest BCUT2D eigenvalue weighted by atomic mass is 9.74. The summed E-state index contributed by atoms with van der Waals surface area (Å²) in [4.78, 5) is 7.38. The number of aromatic nitrogens is 2. The summed E-state index contributed by atoms with van der Waals surface area (Å²) in [7, 11) is 0.923. The molecule has 2 nitrogen and oxygen atoms in total. The molecule has 2 heterocycles. The lowest BCUT2D eigenvalue weighted by Crippen LogP contribution is -2.13. The molecule has 13 heavy (non-hydrogen) atoms. The number of hydrogen-bond donors (Lipinski definition) is 1. The average Bonchev–Trinajstić information content (AvgIpc) is 2.49. The maximum atomic E-state index is 6.23. The minimum atomic E-state index is 0.839. The van der Waals surface area contributed by atoms with E-state index in [1.165, 1.54) is 0 Å². The standard InChI is InChI=1S/C9H10BClN2/c1-5-3-12-9-7(5)8(11)6(10-2)4-13-9/h3-4,10H,1-2H3,(H,12,13). The van der Waals surface area contributed by atoms with Crippen molar-refractivity contribution in [2.45, 2.75) is 13.7 Å². The van der Waals surface area contributed by atoms with Gasteiger partial charge < -0.3 is 4.98 Å². The van der Waals surface area contributed by atoms with Crippen molar-refractivity contribution in [3.63, 3.8) is 0 Å². The Bertz CT molecular complexity index is 450. The maximum absolute atomic E-state index is 6.23. The molecule has 2 aromatic heterocycles. The molecule has 1 N–H and O–H groups in total. The van der Waals surface area contributed by atoms with Gasteiger partial charge in [-0.2, -0.15) is 0 Å². The number of nitrogens with one attached hydrogen (secondary N) is 1. The van der Waals surface area contributed by atoms with E-state index in [-0.39, 0.29) is 0 Å². The Morgan fingerprint density at radius 3 is 3.00 bits per heavy atom. The zero-order valence-electron chi connectivity index (χ0n) is 7.69. The minimum Gasteiger partial charge on any atom is -0.346 e. The zero-order chi connectivity index (χ0) is 9.42. The highest BCUT2D eigenvalue weighted by Crippen LogP contribution is 2.22. The summed E-state index contributed by atoms with van der Waals surface area (Å²) in [5, 5.41) is 1.90. The number of nitrogens with zero attached hydrogens (tertiary/aromatic N) is 1. The van der Waals surface area contributed by atoms with Gasteiger partial charge in [0.15, 0.2) is 7.28 Å². The molecule has 0 aliphatic carbocycles. The van der Waals surface area contributed by atoms with Crippen molar-refractivity contribution in [3.05, 3.63) is 23.0 Å². The summed E-state index contributed by atoms with van der Waals surface area (Å²) in [5.41, 5.74) is 3.14. The van der Waals surface area contributed by atoms with Crippen molar-refractivity contribution in [2.75, 3.05) is 0 Å². The third-order valence-electron chi connectivity index (χ3n) is 2.29. The molecule has 0 amide bonds. The summed E-state index contributed by atoms with van der Waals surface area (Å²) in [5.74, 6) is 0. The van der Waals surface area contributed by atoms with Gasteiger partial charge in [-0.15, -0.1) is 0 Å². The van der Waals surface area contributed by atoms with Crippen LogP contribution < -0.4 is 5.46 Å². The minimum absolute atomic E-state index is 0.839. The number of halogens is 1. The molecule has 0 aliphatic rings. The SMILES string of the molecule is CBc1cnc2[nH]cc(C)c2c1Cl. The topological polar surface area (TPSA) is 28.7 Å². The van der Waals surface area contributed by atoms with E-state index in [4.69, 9.17) is 11.6 Å². The van der Waals surface area contributed by atoms with Crippen LogP contribution in [0, 0.1) is 6.92 Å². The molecule has 0 unspecified atom stereocenters. The summed E-state index contributed by atoms with van der Waals surface area (Å²) in [6.07, 6.45) is 3.77. The third kappa shape index (κ3) is 1.24. The van der Waals surface area contributed by atoms with E-state index >= 15 is 0 Å². The second kappa shape index (κ2) is 3.07. The largest absolute Gasteiger partial charge is 0.346 e. The van der Waals surface area contributed by atoms with Crippen molar-refractivity contribution in [2.24, 2.45) is 0 Å². The third-order valence-corrected chi connectivity index (χ3v) is 2.72. The van der Waals surface area contributed by atoms with Gasteiger partial charge in [0.05, 0.1) is 0 Å². The normalized spacial score (nSPS) is 10.7. The molecule has 0 saturated carbocycles. The van der Waals surface area contributed by atoms with Crippen molar-refractivity contribution in [3.8, 4) is 0 Å². The molecule has 0 spiro atoms. The molecule has 0 bridgehead atoms. The van der Waals surface area contributed by atoms with Crippen molar-refractivity contribution >= 4 is 35.4 Å². The Morgan fingerprint density at radius 1 is 1.54 bits per heavy atom. The maximum Gasteiger partial charge on any atom is 0.158 e. The molecule has 0 radical (unpaired) electrons. The zero-order valence-corrected chi connectivity index (χ0v) is 8.44. The second-order valence-corrected chi connectivity index (χ2v) is 3.52. The van der Waals surface area contributed by atoms with Crippen LogP contribution in [0.3, 0.4) is 0 Å². The van der Waals surface area contributed by atoms with Gasteiger partial charge in [-0.1, -0.05) is 18.4 Å². The van der Waals surface area contributed by atoms with E-state index < -0.39 is 0 Å². The van der Waals surface area contributed by atoms with Crippen LogP contribution >= 0.6 is 11.6 Å². The second-order valence-electron chi connectivity index (χ2n) is 3.15. The van der Waals surface area contributed by atoms with E-state index in [0.717, 1.165) is 34.4 Å². The monoisotopic (exact) mass is 192 g/mol. The molecule has 4 heteroatoms. The molecular formula is C9H10BClN2. The Balaban J connectivity index is 2.83. The first kappa shape index (κ1) is 8.63. The summed E-state index contributed by atoms with van der Waals surface area (Å²) in [6, 6.07) is 0. The summed E-state index contributed by atoms with van der Waals surface area (Å²) >= 11 is 6.23. The molecule has 66 valence electrons. The molecule has 0 aliphatic heterocycles. The van der Waals surface area contributed by atoms with Crippen LogP contribution in [0.15, 0.2) is 12.4 Å². The van der Waals surface area contributed by atoms with Gasteiger partial charge in [0.25, 0.3) is 0 Å². The van der Waals surface area contributed by atoms with Gasteiger partial charge in [-0.25, -0.2) is 4.98 Å². The number of aromatic amines is 1. The van der Waals surface area contributed by atoms with Crippen LogP contribution in [0.5, 0.6) is 0 Å². The quantitative estimate of drug-likeness (QED) is 0.684. The highest BCUT2D eigenvalue weighted by molar-refractivity contribution is 6.58. The molecule has 2 aromatic rings. The van der Waals surface area contributed by atoms with Crippen LogP contribution in [-0.4, -0.2) is 17.2 Å². The molecule has 0 aromatic carbocycles. The fourth-order valence-corrected chi connectivity index (χ4v) is 1.91. The van der Waals surface area contributed by atoms with Crippen LogP contribution in [0.25, 0.3) is 11.0 Å². The molecular weight excluding hydrogens is 182 g/mol. The molecule has 2 rings (SSSR count).